The number of benzene rings is 1. The van der Waals surface area contributed by atoms with Crippen molar-refractivity contribution in [2.24, 2.45) is 5.92 Å². The molecule has 0 spiro atoms. The Balaban J connectivity index is 1.66. The normalized spacial score (nSPS) is 17.4. The van der Waals surface area contributed by atoms with Crippen molar-refractivity contribution in [1.29, 1.82) is 0 Å². The van der Waals surface area contributed by atoms with E-state index in [2.05, 4.69) is 9.97 Å². The number of hydrogen-bond acceptors (Lipinski definition) is 6. The summed E-state index contributed by atoms with van der Waals surface area (Å²) < 4.78 is 17.1. The van der Waals surface area contributed by atoms with Crippen LogP contribution in [-0.2, 0) is 4.74 Å². The van der Waals surface area contributed by atoms with Crippen molar-refractivity contribution in [3.05, 3.63) is 24.3 Å². The summed E-state index contributed by atoms with van der Waals surface area (Å²) in [6, 6.07) is 7.63. The van der Waals surface area contributed by atoms with Gasteiger partial charge in [-0.25, -0.2) is 14.8 Å². The standard InChI is InChI=1S/C21H29N3O4/c1-5-26-18-19(23-17-11-7-6-10-16(17)22-18)27-14-15-9-8-12-24(13-15)20(25)28-21(2,3)4/h6-7,10-11,15H,5,8-9,12-14H2,1-4H3. The fraction of sp³-hybridized carbons (Fsp3) is 0.571. The predicted octanol–water partition coefficient (Wildman–Crippen LogP) is 4.05. The lowest BCUT2D eigenvalue weighted by Crippen LogP contribution is -2.44. The van der Waals surface area contributed by atoms with Crippen LogP contribution in [0, 0.1) is 5.92 Å². The number of carbonyl (C=O) groups is 1. The average molecular weight is 387 g/mol. The fourth-order valence-electron chi connectivity index (χ4n) is 3.18. The molecule has 3 rings (SSSR count). The lowest BCUT2D eigenvalue weighted by molar-refractivity contribution is 0.0137. The van der Waals surface area contributed by atoms with E-state index in [-0.39, 0.29) is 12.0 Å². The maximum absolute atomic E-state index is 12.3. The lowest BCUT2D eigenvalue weighted by atomic mass is 9.99. The summed E-state index contributed by atoms with van der Waals surface area (Å²) in [5.74, 6) is 1.01. The van der Waals surface area contributed by atoms with E-state index in [0.29, 0.717) is 38.1 Å². The summed E-state index contributed by atoms with van der Waals surface area (Å²) in [5, 5.41) is 0. The Labute approximate surface area is 166 Å². The maximum atomic E-state index is 12.3. The molecule has 0 aliphatic carbocycles. The van der Waals surface area contributed by atoms with Crippen LogP contribution in [0.15, 0.2) is 24.3 Å². The molecule has 1 aliphatic rings. The zero-order chi connectivity index (χ0) is 20.1. The number of amides is 1. The number of likely N-dealkylation sites (tertiary alicyclic amines) is 1. The number of aromatic nitrogens is 2. The summed E-state index contributed by atoms with van der Waals surface area (Å²) in [6.07, 6.45) is 1.65. The first-order valence-corrected chi connectivity index (χ1v) is 9.86. The number of fused-ring (bicyclic) bond motifs is 1. The number of nitrogens with zero attached hydrogens (tertiary/aromatic N) is 3. The highest BCUT2D eigenvalue weighted by Gasteiger charge is 2.28. The SMILES string of the molecule is CCOc1nc2ccccc2nc1OCC1CCCN(C(=O)OC(C)(C)C)C1. The maximum Gasteiger partial charge on any atom is 0.410 e. The molecular weight excluding hydrogens is 358 g/mol. The Morgan fingerprint density at radius 2 is 1.79 bits per heavy atom. The number of rotatable bonds is 5. The van der Waals surface area contributed by atoms with Gasteiger partial charge >= 0.3 is 6.09 Å². The van der Waals surface area contributed by atoms with Gasteiger partial charge in [-0.15, -0.1) is 0 Å². The van der Waals surface area contributed by atoms with Crippen LogP contribution in [0.25, 0.3) is 11.0 Å². The molecule has 7 nitrogen and oxygen atoms in total. The van der Waals surface area contributed by atoms with E-state index in [0.717, 1.165) is 23.9 Å². The minimum Gasteiger partial charge on any atom is -0.474 e. The minimum absolute atomic E-state index is 0.212. The van der Waals surface area contributed by atoms with Gasteiger partial charge in [-0.05, 0) is 52.7 Å². The summed E-state index contributed by atoms with van der Waals surface area (Å²) in [4.78, 5) is 23.2. The molecule has 1 aromatic heterocycles. The number of carbonyl (C=O) groups excluding carboxylic acids is 1. The van der Waals surface area contributed by atoms with Gasteiger partial charge in [0.15, 0.2) is 0 Å². The molecule has 2 aromatic rings. The molecule has 1 aliphatic heterocycles. The van der Waals surface area contributed by atoms with E-state index >= 15 is 0 Å². The first kappa shape index (κ1) is 20.2. The lowest BCUT2D eigenvalue weighted by Gasteiger charge is -2.34. The third-order valence-corrected chi connectivity index (χ3v) is 4.42. The summed E-state index contributed by atoms with van der Waals surface area (Å²) in [7, 11) is 0. The molecule has 2 heterocycles. The summed E-state index contributed by atoms with van der Waals surface area (Å²) in [5.41, 5.74) is 1.04. The first-order valence-electron chi connectivity index (χ1n) is 9.86. The second kappa shape index (κ2) is 8.63. The second-order valence-corrected chi connectivity index (χ2v) is 8.00. The Morgan fingerprint density at radius 3 is 2.39 bits per heavy atom. The third kappa shape index (κ3) is 5.24. The van der Waals surface area contributed by atoms with Crippen molar-refractivity contribution < 1.29 is 19.0 Å². The fourth-order valence-corrected chi connectivity index (χ4v) is 3.18. The second-order valence-electron chi connectivity index (χ2n) is 8.00. The largest absolute Gasteiger partial charge is 0.474 e. The summed E-state index contributed by atoms with van der Waals surface area (Å²) in [6.45, 7) is 9.80. The smallest absolute Gasteiger partial charge is 0.410 e. The number of para-hydroxylation sites is 2. The van der Waals surface area contributed by atoms with E-state index < -0.39 is 5.60 Å². The molecule has 1 aromatic carbocycles. The van der Waals surface area contributed by atoms with Gasteiger partial charge in [0.25, 0.3) is 11.8 Å². The van der Waals surface area contributed by atoms with Gasteiger partial charge in [0, 0.05) is 19.0 Å². The van der Waals surface area contributed by atoms with Crippen LogP contribution in [0.1, 0.15) is 40.5 Å². The van der Waals surface area contributed by atoms with Crippen LogP contribution >= 0.6 is 0 Å². The van der Waals surface area contributed by atoms with Crippen molar-refractivity contribution in [2.75, 3.05) is 26.3 Å². The van der Waals surface area contributed by atoms with Gasteiger partial charge < -0.3 is 19.1 Å². The molecule has 0 N–H and O–H groups in total. The number of ether oxygens (including phenoxy) is 3. The summed E-state index contributed by atoms with van der Waals surface area (Å²) >= 11 is 0. The molecule has 152 valence electrons. The highest BCUT2D eigenvalue weighted by atomic mass is 16.6. The molecule has 0 radical (unpaired) electrons. The molecule has 0 saturated carbocycles. The van der Waals surface area contributed by atoms with Crippen LogP contribution in [0.3, 0.4) is 0 Å². The Hall–Kier alpha value is -2.57. The van der Waals surface area contributed by atoms with Crippen LogP contribution < -0.4 is 9.47 Å². The highest BCUT2D eigenvalue weighted by Crippen LogP contribution is 2.27. The van der Waals surface area contributed by atoms with Gasteiger partial charge in [-0.2, -0.15) is 0 Å². The molecule has 28 heavy (non-hydrogen) atoms. The molecule has 1 unspecified atom stereocenters. The van der Waals surface area contributed by atoms with E-state index in [1.807, 2.05) is 52.0 Å². The molecule has 7 heteroatoms. The van der Waals surface area contributed by atoms with E-state index in [4.69, 9.17) is 14.2 Å². The van der Waals surface area contributed by atoms with Crippen molar-refractivity contribution in [2.45, 2.75) is 46.1 Å². The van der Waals surface area contributed by atoms with Crippen LogP contribution in [0.2, 0.25) is 0 Å². The van der Waals surface area contributed by atoms with Crippen molar-refractivity contribution in [1.82, 2.24) is 14.9 Å². The highest BCUT2D eigenvalue weighted by molar-refractivity contribution is 5.75. The zero-order valence-electron chi connectivity index (χ0n) is 17.1. The molecule has 1 fully saturated rings. The van der Waals surface area contributed by atoms with Crippen molar-refractivity contribution >= 4 is 17.1 Å². The Bertz CT molecular complexity index is 819. The van der Waals surface area contributed by atoms with Gasteiger partial charge in [-0.1, -0.05) is 12.1 Å². The Kier molecular flexibility index (Phi) is 6.21. The topological polar surface area (TPSA) is 73.8 Å². The molecule has 1 atom stereocenters. The average Bonchev–Trinajstić information content (AvgIpc) is 2.65. The van der Waals surface area contributed by atoms with E-state index in [1.54, 1.807) is 4.90 Å². The molecular formula is C21H29N3O4. The van der Waals surface area contributed by atoms with Gasteiger partial charge in [0.1, 0.15) is 5.60 Å². The van der Waals surface area contributed by atoms with Crippen LogP contribution in [0.5, 0.6) is 11.8 Å². The van der Waals surface area contributed by atoms with Crippen LogP contribution in [-0.4, -0.2) is 52.9 Å². The van der Waals surface area contributed by atoms with E-state index in [1.165, 1.54) is 0 Å². The van der Waals surface area contributed by atoms with Crippen molar-refractivity contribution in [3.63, 3.8) is 0 Å². The third-order valence-electron chi connectivity index (χ3n) is 4.42. The van der Waals surface area contributed by atoms with Gasteiger partial charge in [0.05, 0.1) is 24.2 Å². The predicted molar refractivity (Wildman–Crippen MR) is 107 cm³/mol. The monoisotopic (exact) mass is 387 g/mol. The van der Waals surface area contributed by atoms with E-state index in [9.17, 15) is 4.79 Å². The van der Waals surface area contributed by atoms with Gasteiger partial charge in [0.2, 0.25) is 0 Å². The zero-order valence-corrected chi connectivity index (χ0v) is 17.1. The number of piperidine rings is 1. The van der Waals surface area contributed by atoms with Gasteiger partial charge in [-0.3, -0.25) is 0 Å². The molecule has 1 saturated heterocycles. The minimum atomic E-state index is -0.492. The molecule has 1 amide bonds. The first-order chi connectivity index (χ1) is 13.4. The molecule has 0 bridgehead atoms. The number of hydrogen-bond donors (Lipinski definition) is 0. The van der Waals surface area contributed by atoms with Crippen molar-refractivity contribution in [3.8, 4) is 11.8 Å². The quantitative estimate of drug-likeness (QED) is 0.770. The van der Waals surface area contributed by atoms with Crippen LogP contribution in [0.4, 0.5) is 4.79 Å². The Morgan fingerprint density at radius 1 is 1.14 bits per heavy atom.